The van der Waals surface area contributed by atoms with Crippen molar-refractivity contribution in [2.24, 2.45) is 0 Å². The van der Waals surface area contributed by atoms with E-state index in [4.69, 9.17) is 4.42 Å². The number of aryl methyl sites for hydroxylation is 1. The summed E-state index contributed by atoms with van der Waals surface area (Å²) < 4.78 is 5.68. The van der Waals surface area contributed by atoms with Crippen LogP contribution >= 0.6 is 0 Å². The summed E-state index contributed by atoms with van der Waals surface area (Å²) in [6, 6.07) is 13.0. The van der Waals surface area contributed by atoms with E-state index in [0.717, 1.165) is 5.56 Å². The number of rotatable bonds is 4. The molecule has 3 aromatic rings. The summed E-state index contributed by atoms with van der Waals surface area (Å²) in [5.74, 6) is 0. The molecule has 25 heavy (non-hydrogen) atoms. The summed E-state index contributed by atoms with van der Waals surface area (Å²) in [6.07, 6.45) is 7.01. The van der Waals surface area contributed by atoms with Gasteiger partial charge in [-0.1, -0.05) is 83.6 Å². The van der Waals surface area contributed by atoms with Gasteiger partial charge in [0, 0.05) is 0 Å². The van der Waals surface area contributed by atoms with Gasteiger partial charge in [-0.05, 0) is 31.2 Å². The molecule has 0 amide bonds. The van der Waals surface area contributed by atoms with Gasteiger partial charge in [0.25, 0.3) is 0 Å². The van der Waals surface area contributed by atoms with E-state index in [1.165, 1.54) is 32.1 Å². The molecule has 0 N–H and O–H groups in total. The van der Waals surface area contributed by atoms with Gasteiger partial charge in [0.05, 0.1) is 10.8 Å². The highest BCUT2D eigenvalue weighted by molar-refractivity contribution is 5.89. The van der Waals surface area contributed by atoms with Gasteiger partial charge in [0.15, 0.2) is 0 Å². The van der Waals surface area contributed by atoms with Crippen molar-refractivity contribution in [3.8, 4) is 0 Å². The molecule has 1 aromatic heterocycles. The Labute approximate surface area is 151 Å². The monoisotopic (exact) mass is 340 g/mol. The van der Waals surface area contributed by atoms with Crippen molar-refractivity contribution in [3.63, 3.8) is 0 Å². The Hall–Kier alpha value is -2.09. The number of hydrogen-bond donors (Lipinski definition) is 0. The average molecular weight is 341 g/mol. The van der Waals surface area contributed by atoms with Crippen LogP contribution in [0, 0.1) is 6.92 Å². The minimum Gasteiger partial charge on any atom is -0.456 e. The Morgan fingerprint density at radius 1 is 0.800 bits per heavy atom. The second kappa shape index (κ2) is 11.5. The van der Waals surface area contributed by atoms with Crippen LogP contribution < -0.4 is 5.43 Å². The molecule has 0 aliphatic rings. The molecule has 0 radical (unpaired) electrons. The minimum atomic E-state index is 0.0422. The lowest BCUT2D eigenvalue weighted by Crippen LogP contribution is -2.01. The summed E-state index contributed by atoms with van der Waals surface area (Å²) in [7, 11) is 0. The van der Waals surface area contributed by atoms with Crippen LogP contribution in [-0.4, -0.2) is 0 Å². The quantitative estimate of drug-likeness (QED) is 0.369. The summed E-state index contributed by atoms with van der Waals surface area (Å²) in [6.45, 7) is 10.5. The molecule has 136 valence electrons. The first-order valence-corrected chi connectivity index (χ1v) is 9.59. The van der Waals surface area contributed by atoms with Crippen LogP contribution in [0.5, 0.6) is 0 Å². The van der Waals surface area contributed by atoms with Crippen LogP contribution in [0.3, 0.4) is 0 Å². The van der Waals surface area contributed by atoms with E-state index in [9.17, 15) is 4.79 Å². The lowest BCUT2D eigenvalue weighted by atomic mass is 10.1. The van der Waals surface area contributed by atoms with Crippen LogP contribution in [0.25, 0.3) is 21.9 Å². The predicted octanol–water partition coefficient (Wildman–Crippen LogP) is 7.26. The normalized spacial score (nSPS) is 9.96. The second-order valence-corrected chi connectivity index (χ2v) is 5.99. The van der Waals surface area contributed by atoms with Crippen LogP contribution in [0.1, 0.15) is 65.4 Å². The fourth-order valence-corrected chi connectivity index (χ4v) is 2.59. The highest BCUT2D eigenvalue weighted by Gasteiger charge is 2.06. The van der Waals surface area contributed by atoms with Gasteiger partial charge in [0.2, 0.25) is 5.43 Å². The minimum absolute atomic E-state index is 0.0422. The Bertz CT molecular complexity index is 811. The van der Waals surface area contributed by atoms with Gasteiger partial charge in [-0.3, -0.25) is 4.79 Å². The number of hydrogen-bond acceptors (Lipinski definition) is 2. The Morgan fingerprint density at radius 2 is 1.40 bits per heavy atom. The summed E-state index contributed by atoms with van der Waals surface area (Å²) in [4.78, 5) is 12.2. The van der Waals surface area contributed by atoms with Gasteiger partial charge in [-0.2, -0.15) is 0 Å². The van der Waals surface area contributed by atoms with Crippen molar-refractivity contribution in [3.05, 3.63) is 58.3 Å². The van der Waals surface area contributed by atoms with E-state index in [1.807, 2.05) is 57.2 Å². The zero-order valence-electron chi connectivity index (χ0n) is 16.4. The van der Waals surface area contributed by atoms with Gasteiger partial charge >= 0.3 is 0 Å². The standard InChI is InChI=1S/C14H10O2.C7H16.C2H6/c1-9-6-7-13-11(8-9)14(15)10-4-2-3-5-12(10)16-13;1-3-5-7-6-4-2;1-2/h2-8H,1H3;3-7H2,1-2H3;1-2H3. The molecule has 0 spiro atoms. The van der Waals surface area contributed by atoms with E-state index in [1.54, 1.807) is 6.07 Å². The van der Waals surface area contributed by atoms with Crippen LogP contribution in [0.15, 0.2) is 51.7 Å². The van der Waals surface area contributed by atoms with Gasteiger partial charge in [-0.15, -0.1) is 0 Å². The zero-order chi connectivity index (χ0) is 18.7. The van der Waals surface area contributed by atoms with E-state index in [-0.39, 0.29) is 5.43 Å². The fourth-order valence-electron chi connectivity index (χ4n) is 2.59. The summed E-state index contributed by atoms with van der Waals surface area (Å²) in [5, 5.41) is 1.29. The van der Waals surface area contributed by atoms with Crippen molar-refractivity contribution >= 4 is 21.9 Å². The van der Waals surface area contributed by atoms with E-state index in [0.29, 0.717) is 21.9 Å². The molecule has 1 heterocycles. The molecule has 0 unspecified atom stereocenters. The van der Waals surface area contributed by atoms with Crippen LogP contribution in [-0.2, 0) is 0 Å². The maximum absolute atomic E-state index is 12.2. The number of fused-ring (bicyclic) bond motifs is 2. The molecule has 0 bridgehead atoms. The van der Waals surface area contributed by atoms with E-state index >= 15 is 0 Å². The molecular formula is C23H32O2. The maximum atomic E-state index is 12.2. The number of benzene rings is 2. The molecule has 0 saturated carbocycles. The molecule has 0 atom stereocenters. The molecular weight excluding hydrogens is 308 g/mol. The SMILES string of the molecule is CC.CCCCCCC.Cc1ccc2oc3ccccc3c(=O)c2c1. The third-order valence-electron chi connectivity index (χ3n) is 3.94. The predicted molar refractivity (Wildman–Crippen MR) is 111 cm³/mol. The summed E-state index contributed by atoms with van der Waals surface area (Å²) in [5.41, 5.74) is 2.40. The third-order valence-corrected chi connectivity index (χ3v) is 3.94. The van der Waals surface area contributed by atoms with Gasteiger partial charge in [0.1, 0.15) is 11.2 Å². The lowest BCUT2D eigenvalue weighted by Gasteiger charge is -2.01. The molecule has 2 heteroatoms. The zero-order valence-corrected chi connectivity index (χ0v) is 16.4. The lowest BCUT2D eigenvalue weighted by molar-refractivity contribution is 0.656. The van der Waals surface area contributed by atoms with E-state index < -0.39 is 0 Å². The van der Waals surface area contributed by atoms with Crippen molar-refractivity contribution in [1.29, 1.82) is 0 Å². The first kappa shape index (κ1) is 21.0. The van der Waals surface area contributed by atoms with Gasteiger partial charge in [-0.25, -0.2) is 0 Å². The smallest absolute Gasteiger partial charge is 0.200 e. The number of para-hydroxylation sites is 1. The third kappa shape index (κ3) is 6.04. The number of unbranched alkanes of at least 4 members (excludes halogenated alkanes) is 4. The molecule has 0 fully saturated rings. The van der Waals surface area contributed by atoms with Crippen molar-refractivity contribution in [2.45, 2.75) is 66.7 Å². The first-order chi connectivity index (χ1) is 12.2. The van der Waals surface area contributed by atoms with Crippen molar-refractivity contribution in [1.82, 2.24) is 0 Å². The molecule has 2 aromatic carbocycles. The first-order valence-electron chi connectivity index (χ1n) is 9.59. The van der Waals surface area contributed by atoms with Crippen LogP contribution in [0.4, 0.5) is 0 Å². The molecule has 0 aliphatic carbocycles. The van der Waals surface area contributed by atoms with E-state index in [2.05, 4.69) is 13.8 Å². The Morgan fingerprint density at radius 3 is 2.04 bits per heavy atom. The van der Waals surface area contributed by atoms with Gasteiger partial charge < -0.3 is 4.42 Å². The largest absolute Gasteiger partial charge is 0.456 e. The maximum Gasteiger partial charge on any atom is 0.200 e. The molecule has 2 nitrogen and oxygen atoms in total. The van der Waals surface area contributed by atoms with Crippen LogP contribution in [0.2, 0.25) is 0 Å². The average Bonchev–Trinajstić information content (AvgIpc) is 2.65. The van der Waals surface area contributed by atoms with Crippen molar-refractivity contribution < 1.29 is 4.42 Å². The molecule has 0 saturated heterocycles. The molecule has 0 aliphatic heterocycles. The fraction of sp³-hybridized carbons (Fsp3) is 0.435. The Balaban J connectivity index is 0.000000297. The second-order valence-electron chi connectivity index (χ2n) is 5.99. The molecule has 3 rings (SSSR count). The highest BCUT2D eigenvalue weighted by Crippen LogP contribution is 2.18. The topological polar surface area (TPSA) is 30.2 Å². The van der Waals surface area contributed by atoms with Crippen molar-refractivity contribution in [2.75, 3.05) is 0 Å². The summed E-state index contributed by atoms with van der Waals surface area (Å²) >= 11 is 0. The Kier molecular flexibility index (Phi) is 9.61. The highest BCUT2D eigenvalue weighted by atomic mass is 16.3.